The molecule has 94 valence electrons. The zero-order chi connectivity index (χ0) is 13.2. The highest BCUT2D eigenvalue weighted by atomic mass is 16.3. The molecule has 2 heterocycles. The number of hydrogen-bond donors (Lipinski definition) is 2. The van der Waals surface area contributed by atoms with Crippen molar-refractivity contribution >= 4 is 5.82 Å². The lowest BCUT2D eigenvalue weighted by molar-refractivity contribution is 0.475. The Kier molecular flexibility index (Phi) is 2.60. The average molecular weight is 253 g/mol. The zero-order valence-electron chi connectivity index (χ0n) is 9.93. The van der Waals surface area contributed by atoms with Crippen LogP contribution >= 0.6 is 0 Å². The van der Waals surface area contributed by atoms with Gasteiger partial charge in [0.25, 0.3) is 0 Å². The molecule has 0 radical (unpaired) electrons. The van der Waals surface area contributed by atoms with Gasteiger partial charge in [0.1, 0.15) is 11.4 Å². The summed E-state index contributed by atoms with van der Waals surface area (Å²) in [6.07, 6.45) is 3.37. The molecule has 0 amide bonds. The van der Waals surface area contributed by atoms with Crippen molar-refractivity contribution in [1.29, 1.82) is 0 Å². The molecule has 1 aromatic carbocycles. The minimum atomic E-state index is 0.190. The number of nitrogen functional groups attached to an aromatic ring is 1. The molecule has 6 heteroatoms. The third-order valence-corrected chi connectivity index (χ3v) is 2.73. The van der Waals surface area contributed by atoms with Gasteiger partial charge < -0.3 is 10.8 Å². The van der Waals surface area contributed by atoms with Gasteiger partial charge in [-0.25, -0.2) is 0 Å². The van der Waals surface area contributed by atoms with E-state index in [1.54, 1.807) is 36.7 Å². The van der Waals surface area contributed by atoms with Crippen molar-refractivity contribution in [3.8, 4) is 22.7 Å². The maximum atomic E-state index is 9.27. The van der Waals surface area contributed by atoms with Gasteiger partial charge in [-0.15, -0.1) is 5.10 Å². The molecule has 0 unspecified atom stereocenters. The highest BCUT2D eigenvalue weighted by Gasteiger charge is 2.12. The van der Waals surface area contributed by atoms with Gasteiger partial charge in [-0.3, -0.25) is 4.98 Å². The summed E-state index contributed by atoms with van der Waals surface area (Å²) in [6, 6.07) is 10.3. The number of aromatic nitrogens is 4. The first-order valence-electron chi connectivity index (χ1n) is 5.66. The molecule has 19 heavy (non-hydrogen) atoms. The fraction of sp³-hybridized carbons (Fsp3) is 0. The molecule has 0 spiro atoms. The number of pyridine rings is 1. The number of benzene rings is 1. The number of aromatic hydroxyl groups is 1. The van der Waals surface area contributed by atoms with Gasteiger partial charge in [0, 0.05) is 18.0 Å². The van der Waals surface area contributed by atoms with Crippen LogP contribution in [0.3, 0.4) is 0 Å². The number of anilines is 1. The lowest BCUT2D eigenvalue weighted by Crippen LogP contribution is -2.02. The lowest BCUT2D eigenvalue weighted by atomic mass is 10.2. The van der Waals surface area contributed by atoms with E-state index in [2.05, 4.69) is 15.3 Å². The van der Waals surface area contributed by atoms with Crippen LogP contribution in [0.5, 0.6) is 5.75 Å². The van der Waals surface area contributed by atoms with Crippen molar-refractivity contribution in [2.24, 2.45) is 0 Å². The third-order valence-electron chi connectivity index (χ3n) is 2.73. The topological polar surface area (TPSA) is 89.9 Å². The van der Waals surface area contributed by atoms with Crippen LogP contribution in [0.25, 0.3) is 16.9 Å². The lowest BCUT2D eigenvalue weighted by Gasteiger charge is -2.03. The molecule has 3 aromatic rings. The quantitative estimate of drug-likeness (QED) is 0.724. The van der Waals surface area contributed by atoms with E-state index in [0.717, 1.165) is 11.3 Å². The number of phenolic OH excluding ortho intramolecular Hbond substituents is 1. The van der Waals surface area contributed by atoms with Crippen LogP contribution in [-0.2, 0) is 0 Å². The number of rotatable bonds is 2. The first-order valence-corrected chi connectivity index (χ1v) is 5.66. The maximum absolute atomic E-state index is 9.27. The summed E-state index contributed by atoms with van der Waals surface area (Å²) < 4.78 is 1.52. The minimum absolute atomic E-state index is 0.190. The summed E-state index contributed by atoms with van der Waals surface area (Å²) in [5, 5.41) is 17.4. The molecule has 0 atom stereocenters. The van der Waals surface area contributed by atoms with E-state index in [4.69, 9.17) is 5.73 Å². The Morgan fingerprint density at radius 2 is 1.89 bits per heavy atom. The van der Waals surface area contributed by atoms with Crippen LogP contribution in [-0.4, -0.2) is 25.1 Å². The van der Waals surface area contributed by atoms with Gasteiger partial charge in [-0.2, -0.15) is 4.68 Å². The number of nitrogens with two attached hydrogens (primary N) is 1. The minimum Gasteiger partial charge on any atom is -0.508 e. The average Bonchev–Trinajstić information content (AvgIpc) is 2.83. The summed E-state index contributed by atoms with van der Waals surface area (Å²) in [5.41, 5.74) is 8.18. The van der Waals surface area contributed by atoms with Crippen LogP contribution < -0.4 is 5.73 Å². The molecule has 3 N–H and O–H groups in total. The van der Waals surface area contributed by atoms with Gasteiger partial charge in [0.05, 0.1) is 5.69 Å². The Morgan fingerprint density at radius 3 is 2.58 bits per heavy atom. The van der Waals surface area contributed by atoms with Crippen LogP contribution in [0.4, 0.5) is 5.82 Å². The van der Waals surface area contributed by atoms with Gasteiger partial charge in [-0.1, -0.05) is 5.21 Å². The molecule has 3 rings (SSSR count). The monoisotopic (exact) mass is 253 g/mol. The van der Waals surface area contributed by atoms with E-state index in [1.807, 2.05) is 12.1 Å². The van der Waals surface area contributed by atoms with E-state index in [9.17, 15) is 5.11 Å². The van der Waals surface area contributed by atoms with E-state index in [0.29, 0.717) is 11.5 Å². The van der Waals surface area contributed by atoms with Crippen molar-refractivity contribution in [2.45, 2.75) is 0 Å². The maximum Gasteiger partial charge on any atom is 0.155 e. The molecular formula is C13H11N5O. The van der Waals surface area contributed by atoms with Crippen LogP contribution in [0.1, 0.15) is 0 Å². The van der Waals surface area contributed by atoms with E-state index in [-0.39, 0.29) is 5.75 Å². The van der Waals surface area contributed by atoms with E-state index >= 15 is 0 Å². The van der Waals surface area contributed by atoms with Crippen molar-refractivity contribution in [3.05, 3.63) is 48.8 Å². The number of phenols is 1. The Hall–Kier alpha value is -2.89. The Morgan fingerprint density at radius 1 is 1.11 bits per heavy atom. The molecule has 0 aliphatic rings. The fourth-order valence-electron chi connectivity index (χ4n) is 1.78. The van der Waals surface area contributed by atoms with Gasteiger partial charge in [-0.05, 0) is 36.4 Å². The molecule has 0 bridgehead atoms. The second kappa shape index (κ2) is 4.41. The van der Waals surface area contributed by atoms with E-state index in [1.165, 1.54) is 4.68 Å². The summed E-state index contributed by atoms with van der Waals surface area (Å²) in [6.45, 7) is 0. The van der Waals surface area contributed by atoms with Crippen molar-refractivity contribution in [3.63, 3.8) is 0 Å². The second-order valence-corrected chi connectivity index (χ2v) is 3.99. The molecule has 0 aliphatic heterocycles. The van der Waals surface area contributed by atoms with Crippen LogP contribution in [0.2, 0.25) is 0 Å². The molecule has 2 aromatic heterocycles. The van der Waals surface area contributed by atoms with E-state index < -0.39 is 0 Å². The van der Waals surface area contributed by atoms with Crippen LogP contribution in [0.15, 0.2) is 48.8 Å². The zero-order valence-corrected chi connectivity index (χ0v) is 9.93. The molecule has 0 aliphatic carbocycles. The van der Waals surface area contributed by atoms with Gasteiger partial charge in [0.2, 0.25) is 0 Å². The SMILES string of the molecule is Nc1c(-c2cccnc2)nnn1-c1ccc(O)cc1. The number of hydrogen-bond acceptors (Lipinski definition) is 5. The molecule has 0 saturated carbocycles. The summed E-state index contributed by atoms with van der Waals surface area (Å²) >= 11 is 0. The third kappa shape index (κ3) is 1.99. The summed E-state index contributed by atoms with van der Waals surface area (Å²) in [4.78, 5) is 4.03. The molecule has 6 nitrogen and oxygen atoms in total. The first-order chi connectivity index (χ1) is 9.25. The fourth-order valence-corrected chi connectivity index (χ4v) is 1.78. The first kappa shape index (κ1) is 11.2. The van der Waals surface area contributed by atoms with Crippen molar-refractivity contribution in [2.75, 3.05) is 5.73 Å². The summed E-state index contributed by atoms with van der Waals surface area (Å²) in [7, 11) is 0. The second-order valence-electron chi connectivity index (χ2n) is 3.99. The Bertz CT molecular complexity index is 691. The Labute approximate surface area is 109 Å². The largest absolute Gasteiger partial charge is 0.508 e. The highest BCUT2D eigenvalue weighted by molar-refractivity contribution is 5.70. The Balaban J connectivity index is 2.06. The van der Waals surface area contributed by atoms with Gasteiger partial charge in [0.15, 0.2) is 5.82 Å². The molecule has 0 fully saturated rings. The normalized spacial score (nSPS) is 10.5. The highest BCUT2D eigenvalue weighted by Crippen LogP contribution is 2.24. The van der Waals surface area contributed by atoms with Crippen LogP contribution in [0, 0.1) is 0 Å². The number of nitrogens with zero attached hydrogens (tertiary/aromatic N) is 4. The van der Waals surface area contributed by atoms with Gasteiger partial charge >= 0.3 is 0 Å². The van der Waals surface area contributed by atoms with Crippen molar-refractivity contribution in [1.82, 2.24) is 20.0 Å². The molecular weight excluding hydrogens is 242 g/mol. The molecule has 0 saturated heterocycles. The smallest absolute Gasteiger partial charge is 0.155 e. The summed E-state index contributed by atoms with van der Waals surface area (Å²) in [5.74, 6) is 0.619. The predicted octanol–water partition coefficient (Wildman–Crippen LogP) is 1.62. The predicted molar refractivity (Wildman–Crippen MR) is 70.7 cm³/mol. The standard InChI is InChI=1S/C13H11N5O/c14-13-12(9-2-1-7-15-8-9)16-17-18(13)10-3-5-11(19)6-4-10/h1-8,19H,14H2. The van der Waals surface area contributed by atoms with Crippen molar-refractivity contribution < 1.29 is 5.11 Å².